The number of Topliss-reactive ketones (excluding diaryl/α,β-unsaturated/α-hetero) is 1. The Morgan fingerprint density at radius 1 is 1.26 bits per heavy atom. The van der Waals surface area contributed by atoms with Gasteiger partial charge in [-0.05, 0) is 37.9 Å². The molecule has 2 heterocycles. The van der Waals surface area contributed by atoms with Crippen molar-refractivity contribution >= 4 is 11.8 Å². The Hall–Kier alpha value is -2.44. The molecule has 0 bridgehead atoms. The van der Waals surface area contributed by atoms with Crippen molar-refractivity contribution in [3.05, 3.63) is 59.4 Å². The number of ketones is 1. The molecule has 0 amide bonds. The lowest BCUT2D eigenvalue weighted by Crippen LogP contribution is -2.55. The molecule has 0 spiro atoms. The predicted molar refractivity (Wildman–Crippen MR) is 102 cm³/mol. The van der Waals surface area contributed by atoms with Crippen molar-refractivity contribution < 1.29 is 19.8 Å². The maximum Gasteiger partial charge on any atom is 0.312 e. The largest absolute Gasteiger partial charge is 0.481 e. The van der Waals surface area contributed by atoms with Crippen molar-refractivity contribution in [2.45, 2.75) is 32.4 Å². The van der Waals surface area contributed by atoms with Crippen molar-refractivity contribution in [1.82, 2.24) is 9.47 Å². The van der Waals surface area contributed by atoms with E-state index in [1.54, 1.807) is 6.20 Å². The molecule has 2 N–H and O–H groups in total. The number of benzene rings is 1. The smallest absolute Gasteiger partial charge is 0.312 e. The summed E-state index contributed by atoms with van der Waals surface area (Å²) in [5.74, 6) is -0.931. The maximum absolute atomic E-state index is 12.1. The lowest BCUT2D eigenvalue weighted by Gasteiger charge is -2.43. The van der Waals surface area contributed by atoms with Crippen LogP contribution in [0.25, 0.3) is 0 Å². The first-order valence-electron chi connectivity index (χ1n) is 9.16. The van der Waals surface area contributed by atoms with Crippen LogP contribution >= 0.6 is 0 Å². The summed E-state index contributed by atoms with van der Waals surface area (Å²) in [6.45, 7) is 2.98. The molecule has 1 aliphatic heterocycles. The second-order valence-electron chi connectivity index (χ2n) is 7.51. The Balaban J connectivity index is 1.73. The van der Waals surface area contributed by atoms with E-state index in [0.717, 1.165) is 11.3 Å². The van der Waals surface area contributed by atoms with Crippen LogP contribution in [0, 0.1) is 5.41 Å². The van der Waals surface area contributed by atoms with Crippen LogP contribution in [0.15, 0.2) is 42.6 Å². The Morgan fingerprint density at radius 3 is 2.52 bits per heavy atom. The Bertz CT molecular complexity index is 830. The second-order valence-corrected chi connectivity index (χ2v) is 7.51. The molecule has 1 saturated heterocycles. The first-order valence-corrected chi connectivity index (χ1v) is 9.16. The first-order chi connectivity index (χ1) is 12.8. The number of carbonyl (C=O) groups is 2. The van der Waals surface area contributed by atoms with Gasteiger partial charge in [0.1, 0.15) is 5.41 Å². The van der Waals surface area contributed by atoms with Crippen LogP contribution in [0.4, 0.5) is 0 Å². The van der Waals surface area contributed by atoms with Gasteiger partial charge >= 0.3 is 5.97 Å². The highest BCUT2D eigenvalue weighted by Gasteiger charge is 2.48. The monoisotopic (exact) mass is 370 g/mol. The predicted octanol–water partition coefficient (Wildman–Crippen LogP) is 2.11. The summed E-state index contributed by atoms with van der Waals surface area (Å²) in [6.07, 6.45) is 1.53. The van der Waals surface area contributed by atoms with E-state index in [4.69, 9.17) is 0 Å². The van der Waals surface area contributed by atoms with Gasteiger partial charge < -0.3 is 14.8 Å². The van der Waals surface area contributed by atoms with Gasteiger partial charge in [-0.1, -0.05) is 30.3 Å². The Kier molecular flexibility index (Phi) is 5.48. The van der Waals surface area contributed by atoms with E-state index in [-0.39, 0.29) is 5.78 Å². The molecule has 3 rings (SSSR count). The van der Waals surface area contributed by atoms with Gasteiger partial charge in [-0.15, -0.1) is 0 Å². The lowest BCUT2D eigenvalue weighted by atomic mass is 9.71. The molecule has 6 nitrogen and oxygen atoms in total. The summed E-state index contributed by atoms with van der Waals surface area (Å²) < 4.78 is 1.91. The average molecular weight is 370 g/mol. The second kappa shape index (κ2) is 7.66. The highest BCUT2D eigenvalue weighted by Crippen LogP contribution is 2.36. The molecule has 144 valence electrons. The Morgan fingerprint density at radius 2 is 1.96 bits per heavy atom. The van der Waals surface area contributed by atoms with E-state index in [0.29, 0.717) is 38.0 Å². The van der Waals surface area contributed by atoms with Crippen LogP contribution in [0.3, 0.4) is 0 Å². The zero-order valence-electron chi connectivity index (χ0n) is 15.8. The molecular weight excluding hydrogens is 344 g/mol. The third-order valence-electron chi connectivity index (χ3n) is 5.63. The number of piperidine rings is 1. The minimum Gasteiger partial charge on any atom is -0.481 e. The number of carbonyl (C=O) groups excluding carboxylic acids is 1. The highest BCUT2D eigenvalue weighted by atomic mass is 16.4. The molecular formula is C21H26N2O4. The molecule has 1 fully saturated rings. The number of rotatable bonds is 6. The molecule has 0 aliphatic carbocycles. The van der Waals surface area contributed by atoms with Gasteiger partial charge in [0.15, 0.2) is 5.78 Å². The van der Waals surface area contributed by atoms with Crippen LogP contribution in [0.5, 0.6) is 0 Å². The SMILES string of the molecule is CC(=O)c1cc(CN2CC[C@](Cc3ccccc3)(C(=O)O)[C@H](O)C2)n(C)c1. The summed E-state index contributed by atoms with van der Waals surface area (Å²) in [5.41, 5.74) is 1.38. The van der Waals surface area contributed by atoms with E-state index in [1.807, 2.05) is 48.0 Å². The van der Waals surface area contributed by atoms with E-state index in [1.165, 1.54) is 6.92 Å². The number of aliphatic hydroxyl groups excluding tert-OH is 1. The molecule has 27 heavy (non-hydrogen) atoms. The van der Waals surface area contributed by atoms with Crippen molar-refractivity contribution in [2.24, 2.45) is 12.5 Å². The molecule has 0 unspecified atom stereocenters. The highest BCUT2D eigenvalue weighted by molar-refractivity contribution is 5.94. The molecule has 2 atom stereocenters. The fourth-order valence-corrected chi connectivity index (χ4v) is 3.86. The molecule has 1 aromatic carbocycles. The number of likely N-dealkylation sites (tertiary alicyclic amines) is 1. The van der Waals surface area contributed by atoms with Crippen LogP contribution in [0.1, 0.15) is 35.0 Å². The minimum atomic E-state index is -1.17. The number of hydrogen-bond donors (Lipinski definition) is 2. The average Bonchev–Trinajstić information content (AvgIpc) is 2.99. The number of aryl methyl sites for hydroxylation is 1. The number of aliphatic carboxylic acids is 1. The van der Waals surface area contributed by atoms with Gasteiger partial charge in [-0.2, -0.15) is 0 Å². The van der Waals surface area contributed by atoms with Crippen molar-refractivity contribution in [3.63, 3.8) is 0 Å². The van der Waals surface area contributed by atoms with Gasteiger partial charge in [0.05, 0.1) is 6.10 Å². The standard InChI is InChI=1S/C21H26N2O4/c1-15(24)17-10-18(22(2)12-17)13-23-9-8-21(20(26)27,19(25)14-23)11-16-6-4-3-5-7-16/h3-7,10,12,19,25H,8-9,11,13-14H2,1-2H3,(H,26,27)/t19-,21-/m1/s1. The summed E-state index contributed by atoms with van der Waals surface area (Å²) in [7, 11) is 1.89. The Labute approximate surface area is 159 Å². The zero-order valence-corrected chi connectivity index (χ0v) is 15.8. The molecule has 2 aromatic rings. The van der Waals surface area contributed by atoms with Gasteiger partial charge in [-0.25, -0.2) is 0 Å². The number of β-amino-alcohol motifs (C(OH)–C–C–N with tert-alkyl or cyclic N) is 1. The van der Waals surface area contributed by atoms with Gasteiger partial charge in [-0.3, -0.25) is 14.5 Å². The number of aliphatic hydroxyl groups is 1. The fourth-order valence-electron chi connectivity index (χ4n) is 3.86. The molecule has 0 saturated carbocycles. The summed E-state index contributed by atoms with van der Waals surface area (Å²) in [6, 6.07) is 11.3. The minimum absolute atomic E-state index is 0.0169. The third kappa shape index (κ3) is 3.96. The summed E-state index contributed by atoms with van der Waals surface area (Å²) >= 11 is 0. The molecule has 1 aromatic heterocycles. The van der Waals surface area contributed by atoms with Crippen LogP contribution < -0.4 is 0 Å². The normalized spacial score (nSPS) is 23.3. The molecule has 1 aliphatic rings. The maximum atomic E-state index is 12.1. The van der Waals surface area contributed by atoms with E-state index in [2.05, 4.69) is 4.90 Å². The molecule has 0 radical (unpaired) electrons. The fraction of sp³-hybridized carbons (Fsp3) is 0.429. The third-order valence-corrected chi connectivity index (χ3v) is 5.63. The lowest BCUT2D eigenvalue weighted by molar-refractivity contribution is -0.163. The van der Waals surface area contributed by atoms with Gasteiger partial charge in [0.2, 0.25) is 0 Å². The van der Waals surface area contributed by atoms with E-state index < -0.39 is 17.5 Å². The number of hydrogen-bond acceptors (Lipinski definition) is 4. The number of nitrogens with zero attached hydrogens (tertiary/aromatic N) is 2. The van der Waals surface area contributed by atoms with Gasteiger partial charge in [0.25, 0.3) is 0 Å². The quantitative estimate of drug-likeness (QED) is 0.761. The number of aromatic nitrogens is 1. The number of carboxylic acid groups (broad SMARTS) is 1. The summed E-state index contributed by atoms with van der Waals surface area (Å²) in [5, 5.41) is 20.7. The van der Waals surface area contributed by atoms with Crippen molar-refractivity contribution in [1.29, 1.82) is 0 Å². The van der Waals surface area contributed by atoms with E-state index >= 15 is 0 Å². The van der Waals surface area contributed by atoms with Crippen LogP contribution in [-0.2, 0) is 24.8 Å². The van der Waals surface area contributed by atoms with Crippen LogP contribution in [0.2, 0.25) is 0 Å². The van der Waals surface area contributed by atoms with Gasteiger partial charge in [0, 0.05) is 37.6 Å². The van der Waals surface area contributed by atoms with Crippen LogP contribution in [-0.4, -0.2) is 50.6 Å². The first kappa shape index (κ1) is 19.3. The topological polar surface area (TPSA) is 82.8 Å². The number of carboxylic acids is 1. The van der Waals surface area contributed by atoms with Crippen molar-refractivity contribution in [2.75, 3.05) is 13.1 Å². The summed E-state index contributed by atoms with van der Waals surface area (Å²) in [4.78, 5) is 25.7. The van der Waals surface area contributed by atoms with E-state index in [9.17, 15) is 19.8 Å². The molecule has 6 heteroatoms. The van der Waals surface area contributed by atoms with Crippen molar-refractivity contribution in [3.8, 4) is 0 Å². The zero-order chi connectivity index (χ0) is 19.6.